The summed E-state index contributed by atoms with van der Waals surface area (Å²) < 4.78 is 54.8. The van der Waals surface area contributed by atoms with E-state index >= 15 is 0 Å². The van der Waals surface area contributed by atoms with Crippen molar-refractivity contribution in [2.75, 3.05) is 5.32 Å². The molecule has 1 atom stereocenters. The summed E-state index contributed by atoms with van der Waals surface area (Å²) in [5.41, 5.74) is -3.27. The van der Waals surface area contributed by atoms with Gasteiger partial charge in [0.1, 0.15) is 5.82 Å². The van der Waals surface area contributed by atoms with E-state index in [4.69, 9.17) is 0 Å². The van der Waals surface area contributed by atoms with Crippen LogP contribution in [0.15, 0.2) is 35.3 Å². The highest BCUT2D eigenvalue weighted by Gasteiger charge is 2.56. The Morgan fingerprint density at radius 2 is 2.05 bits per heavy atom. The smallest absolute Gasteiger partial charge is 0.321 e. The summed E-state index contributed by atoms with van der Waals surface area (Å²) in [7, 11) is 0. The summed E-state index contributed by atoms with van der Waals surface area (Å²) in [5.74, 6) is -1.52. The molecule has 2 aliphatic rings. The van der Waals surface area contributed by atoms with Crippen molar-refractivity contribution in [3.8, 4) is 0 Å². The molecule has 3 nitrogen and oxygen atoms in total. The number of fused-ring (bicyclic) bond motifs is 1. The first-order valence-electron chi connectivity index (χ1n) is 6.74. The van der Waals surface area contributed by atoms with Crippen LogP contribution in [0.2, 0.25) is 0 Å². The van der Waals surface area contributed by atoms with Crippen LogP contribution in [0.25, 0.3) is 0 Å². The third-order valence-electron chi connectivity index (χ3n) is 3.70. The van der Waals surface area contributed by atoms with Gasteiger partial charge in [0.15, 0.2) is 0 Å². The first-order chi connectivity index (χ1) is 10.3. The van der Waals surface area contributed by atoms with Crippen LogP contribution in [-0.4, -0.2) is 18.3 Å². The zero-order valence-electron chi connectivity index (χ0n) is 11.3. The number of nitrogens with zero attached hydrogens (tertiary/aromatic N) is 1. The molecular formula is C15H12F4N2O. The van der Waals surface area contributed by atoms with Gasteiger partial charge in [-0.1, -0.05) is 6.08 Å². The Hall–Kier alpha value is -2.18. The topological polar surface area (TPSA) is 41.5 Å². The zero-order chi connectivity index (χ0) is 16.0. The lowest BCUT2D eigenvalue weighted by Crippen LogP contribution is -2.39. The number of anilines is 1. The highest BCUT2D eigenvalue weighted by molar-refractivity contribution is 6.32. The van der Waals surface area contributed by atoms with Crippen molar-refractivity contribution in [3.63, 3.8) is 0 Å². The molecule has 7 heteroatoms. The number of rotatable bonds is 2. The molecule has 1 aromatic carbocycles. The molecule has 0 radical (unpaired) electrons. The summed E-state index contributed by atoms with van der Waals surface area (Å²) in [5, 5.41) is 2.29. The first-order valence-corrected chi connectivity index (χ1v) is 6.74. The standard InChI is InChI=1S/C15H12F4N2O/c16-10-3-4-12-11(7-10)14(15(17,18)19,6-5-9-1-2-9)20-8-13(22)21-12/h3-9H,1-2H2,(H,21,22). The first kappa shape index (κ1) is 14.7. The maximum absolute atomic E-state index is 13.8. The predicted molar refractivity (Wildman–Crippen MR) is 73.1 cm³/mol. The van der Waals surface area contributed by atoms with E-state index in [1.165, 1.54) is 6.08 Å². The monoisotopic (exact) mass is 312 g/mol. The number of benzene rings is 1. The Balaban J connectivity index is 2.24. The lowest BCUT2D eigenvalue weighted by atomic mass is 9.87. The molecule has 1 N–H and O–H groups in total. The largest absolute Gasteiger partial charge is 0.421 e. The molecule has 1 aliphatic carbocycles. The second-order valence-electron chi connectivity index (χ2n) is 5.40. The molecule has 0 saturated heterocycles. The van der Waals surface area contributed by atoms with Crippen LogP contribution in [0.3, 0.4) is 0 Å². The molecule has 1 heterocycles. The predicted octanol–water partition coefficient (Wildman–Crippen LogP) is 3.57. The number of carbonyl (C=O) groups excluding carboxylic acids is 1. The Kier molecular flexibility index (Phi) is 3.30. The number of hydrogen-bond acceptors (Lipinski definition) is 2. The molecule has 116 valence electrons. The van der Waals surface area contributed by atoms with Gasteiger partial charge in [0.2, 0.25) is 5.54 Å². The summed E-state index contributed by atoms with van der Waals surface area (Å²) in [6.45, 7) is 0. The number of carbonyl (C=O) groups is 1. The average Bonchev–Trinajstić information content (AvgIpc) is 3.24. The minimum absolute atomic E-state index is 0.0818. The molecule has 1 aliphatic heterocycles. The second kappa shape index (κ2) is 4.93. The van der Waals surface area contributed by atoms with Crippen molar-refractivity contribution >= 4 is 17.8 Å². The van der Waals surface area contributed by atoms with Gasteiger partial charge >= 0.3 is 6.18 Å². The maximum atomic E-state index is 13.8. The van der Waals surface area contributed by atoms with Crippen LogP contribution in [0.4, 0.5) is 23.2 Å². The van der Waals surface area contributed by atoms with Gasteiger partial charge in [-0.25, -0.2) is 4.39 Å². The van der Waals surface area contributed by atoms with E-state index in [0.717, 1.165) is 37.1 Å². The summed E-state index contributed by atoms with van der Waals surface area (Å²) in [4.78, 5) is 15.0. The quantitative estimate of drug-likeness (QED) is 0.658. The Morgan fingerprint density at radius 3 is 2.68 bits per heavy atom. The highest BCUT2D eigenvalue weighted by atomic mass is 19.4. The van der Waals surface area contributed by atoms with E-state index in [2.05, 4.69) is 10.3 Å². The van der Waals surface area contributed by atoms with Crippen LogP contribution in [0.1, 0.15) is 18.4 Å². The van der Waals surface area contributed by atoms with Gasteiger partial charge in [0.05, 0.1) is 6.21 Å². The fourth-order valence-electron chi connectivity index (χ4n) is 2.35. The summed E-state index contributed by atoms with van der Waals surface area (Å²) in [6, 6.07) is 2.88. The van der Waals surface area contributed by atoms with E-state index in [-0.39, 0.29) is 11.6 Å². The van der Waals surface area contributed by atoms with Gasteiger partial charge in [0, 0.05) is 11.3 Å². The summed E-state index contributed by atoms with van der Waals surface area (Å²) >= 11 is 0. The molecule has 1 amide bonds. The lowest BCUT2D eigenvalue weighted by molar-refractivity contribution is -0.173. The van der Waals surface area contributed by atoms with Gasteiger partial charge in [-0.2, -0.15) is 13.2 Å². The number of amides is 1. The van der Waals surface area contributed by atoms with E-state index < -0.39 is 29.0 Å². The molecular weight excluding hydrogens is 300 g/mol. The molecule has 1 fully saturated rings. The third-order valence-corrected chi connectivity index (χ3v) is 3.70. The van der Waals surface area contributed by atoms with Crippen LogP contribution in [-0.2, 0) is 10.3 Å². The Morgan fingerprint density at radius 1 is 1.32 bits per heavy atom. The fourth-order valence-corrected chi connectivity index (χ4v) is 2.35. The van der Waals surface area contributed by atoms with Gasteiger partial charge in [-0.15, -0.1) is 0 Å². The number of alkyl halides is 3. The van der Waals surface area contributed by atoms with Crippen molar-refractivity contribution in [2.24, 2.45) is 10.9 Å². The molecule has 1 unspecified atom stereocenters. The van der Waals surface area contributed by atoms with Crippen molar-refractivity contribution in [1.29, 1.82) is 0 Å². The van der Waals surface area contributed by atoms with Crippen molar-refractivity contribution in [3.05, 3.63) is 41.7 Å². The molecule has 0 aromatic heterocycles. The minimum atomic E-state index is -4.80. The average molecular weight is 312 g/mol. The normalized spacial score (nSPS) is 25.0. The van der Waals surface area contributed by atoms with Gasteiger partial charge in [-0.3, -0.25) is 9.79 Å². The Labute approximate surface area is 123 Å². The van der Waals surface area contributed by atoms with E-state index in [0.29, 0.717) is 6.21 Å². The Bertz CT molecular complexity index is 677. The van der Waals surface area contributed by atoms with E-state index in [1.807, 2.05) is 0 Å². The molecule has 1 aromatic rings. The van der Waals surface area contributed by atoms with Gasteiger partial charge in [0.25, 0.3) is 5.91 Å². The molecule has 0 spiro atoms. The van der Waals surface area contributed by atoms with Gasteiger partial charge < -0.3 is 5.32 Å². The zero-order valence-corrected chi connectivity index (χ0v) is 11.3. The van der Waals surface area contributed by atoms with Crippen LogP contribution in [0.5, 0.6) is 0 Å². The number of aliphatic imine (C=N–C) groups is 1. The second-order valence-corrected chi connectivity index (χ2v) is 5.40. The number of nitrogens with one attached hydrogen (secondary N) is 1. The van der Waals surface area contributed by atoms with Crippen LogP contribution in [0, 0.1) is 11.7 Å². The third kappa shape index (κ3) is 2.51. The van der Waals surface area contributed by atoms with Crippen LogP contribution < -0.4 is 5.32 Å². The van der Waals surface area contributed by atoms with E-state index in [9.17, 15) is 22.4 Å². The van der Waals surface area contributed by atoms with Crippen molar-refractivity contribution in [2.45, 2.75) is 24.6 Å². The minimum Gasteiger partial charge on any atom is -0.321 e. The molecule has 0 bridgehead atoms. The SMILES string of the molecule is O=C1C=NC(C=CC2CC2)(C(F)(F)F)c2cc(F)ccc2N1. The van der Waals surface area contributed by atoms with E-state index in [1.54, 1.807) is 0 Å². The van der Waals surface area contributed by atoms with Crippen molar-refractivity contribution in [1.82, 2.24) is 0 Å². The lowest BCUT2D eigenvalue weighted by Gasteiger charge is -2.30. The van der Waals surface area contributed by atoms with Crippen LogP contribution >= 0.6 is 0 Å². The van der Waals surface area contributed by atoms with Gasteiger partial charge in [-0.05, 0) is 43.0 Å². The molecule has 3 rings (SSSR count). The maximum Gasteiger partial charge on any atom is 0.421 e. The molecule has 1 saturated carbocycles. The summed E-state index contributed by atoms with van der Waals surface area (Å²) in [6.07, 6.45) is -0.190. The van der Waals surface area contributed by atoms with Crippen molar-refractivity contribution < 1.29 is 22.4 Å². The number of allylic oxidation sites excluding steroid dienone is 1. The fraction of sp³-hybridized carbons (Fsp3) is 0.333. The molecule has 22 heavy (non-hydrogen) atoms. The number of hydrogen-bond donors (Lipinski definition) is 1. The highest BCUT2D eigenvalue weighted by Crippen LogP contribution is 2.48. The number of halogens is 4.